The van der Waals surface area contributed by atoms with Crippen LogP contribution in [0.3, 0.4) is 0 Å². The van der Waals surface area contributed by atoms with E-state index in [1.165, 1.54) is 16.9 Å². The van der Waals surface area contributed by atoms with E-state index in [1.807, 2.05) is 17.6 Å². The summed E-state index contributed by atoms with van der Waals surface area (Å²) in [6.07, 6.45) is 1.11. The van der Waals surface area contributed by atoms with Crippen LogP contribution in [0.4, 0.5) is 0 Å². The lowest BCUT2D eigenvalue weighted by molar-refractivity contribution is 0.0953. The summed E-state index contributed by atoms with van der Waals surface area (Å²) in [5, 5.41) is 19.6. The van der Waals surface area contributed by atoms with Crippen molar-refractivity contribution in [3.63, 3.8) is 0 Å². The Kier molecular flexibility index (Phi) is 4.12. The monoisotopic (exact) mass is 439 g/mol. The van der Waals surface area contributed by atoms with Crippen molar-refractivity contribution in [3.8, 4) is 5.88 Å². The molecule has 6 rings (SSSR count). The number of thiophene rings is 1. The summed E-state index contributed by atoms with van der Waals surface area (Å²) >= 11 is 3.18. The molecule has 0 spiro atoms. The van der Waals surface area contributed by atoms with Crippen molar-refractivity contribution in [1.82, 2.24) is 24.1 Å². The van der Waals surface area contributed by atoms with Gasteiger partial charge in [0.05, 0.1) is 10.9 Å². The Morgan fingerprint density at radius 2 is 2.13 bits per heavy atom. The number of aryl methyl sites for hydroxylation is 1. The van der Waals surface area contributed by atoms with Gasteiger partial charge in [-0.05, 0) is 47.7 Å². The van der Waals surface area contributed by atoms with Crippen LogP contribution < -0.4 is 5.56 Å². The maximum atomic E-state index is 12.4. The number of likely N-dealkylation sites (tertiary alicyclic amines) is 1. The molecule has 6 heterocycles. The Hall–Kier alpha value is -2.49. The Labute approximate surface area is 180 Å². The van der Waals surface area contributed by atoms with Crippen LogP contribution in [0.1, 0.15) is 40.3 Å². The van der Waals surface area contributed by atoms with Crippen molar-refractivity contribution >= 4 is 27.6 Å². The highest BCUT2D eigenvalue weighted by Gasteiger charge is 2.39. The summed E-state index contributed by atoms with van der Waals surface area (Å²) in [6, 6.07) is 7.72. The third kappa shape index (κ3) is 2.76. The van der Waals surface area contributed by atoms with Gasteiger partial charge in [-0.2, -0.15) is 15.9 Å². The van der Waals surface area contributed by atoms with Crippen LogP contribution in [0.25, 0.3) is 4.96 Å². The van der Waals surface area contributed by atoms with Gasteiger partial charge in [0.1, 0.15) is 5.82 Å². The Bertz CT molecular complexity index is 1290. The fraction of sp³-hybridized carbons (Fsp3) is 0.381. The molecule has 1 fully saturated rings. The molecule has 4 aromatic heterocycles. The second kappa shape index (κ2) is 6.76. The van der Waals surface area contributed by atoms with Gasteiger partial charge in [0.25, 0.3) is 5.56 Å². The lowest BCUT2D eigenvalue weighted by Gasteiger charge is -2.45. The SMILES string of the molecule is Cc1nc2sc([C@H](c3ccsc3)N3C[C@H]4C[C@@H](C3)c3cccc(=O)n3C4)c(O)n2n1. The lowest BCUT2D eigenvalue weighted by Crippen LogP contribution is -2.48. The predicted octanol–water partition coefficient (Wildman–Crippen LogP) is 3.24. The molecule has 0 radical (unpaired) electrons. The van der Waals surface area contributed by atoms with Gasteiger partial charge < -0.3 is 9.67 Å². The zero-order valence-electron chi connectivity index (χ0n) is 16.4. The molecule has 7 nitrogen and oxygen atoms in total. The van der Waals surface area contributed by atoms with Crippen molar-refractivity contribution in [2.24, 2.45) is 5.92 Å². The normalized spacial score (nSPS) is 22.3. The van der Waals surface area contributed by atoms with Crippen LogP contribution in [0.15, 0.2) is 39.8 Å². The summed E-state index contributed by atoms with van der Waals surface area (Å²) in [6.45, 7) is 4.34. The fourth-order valence-electron chi connectivity index (χ4n) is 5.13. The summed E-state index contributed by atoms with van der Waals surface area (Å²) in [4.78, 5) is 20.9. The largest absolute Gasteiger partial charge is 0.492 e. The Balaban J connectivity index is 1.43. The van der Waals surface area contributed by atoms with Gasteiger partial charge in [-0.3, -0.25) is 9.69 Å². The average Bonchev–Trinajstić information content (AvgIpc) is 3.43. The highest BCUT2D eigenvalue weighted by atomic mass is 32.1. The predicted molar refractivity (Wildman–Crippen MR) is 117 cm³/mol. The summed E-state index contributed by atoms with van der Waals surface area (Å²) in [5.74, 6) is 1.58. The second-order valence-corrected chi connectivity index (χ2v) is 10.0. The van der Waals surface area contributed by atoms with Gasteiger partial charge in [0.2, 0.25) is 10.8 Å². The van der Waals surface area contributed by atoms with Gasteiger partial charge >= 0.3 is 0 Å². The highest BCUT2D eigenvalue weighted by Crippen LogP contribution is 2.45. The molecule has 30 heavy (non-hydrogen) atoms. The Morgan fingerprint density at radius 1 is 1.23 bits per heavy atom. The zero-order valence-corrected chi connectivity index (χ0v) is 18.1. The standard InChI is InChI=1S/C21H21N5O2S2/c1-12-22-21-26(23-12)20(28)19(30-21)18(14-5-6-29-11-14)24-8-13-7-15(10-24)16-3-2-4-17(27)25(16)9-13/h2-6,11,13,15,18,28H,7-10H2,1H3/t13-,15+,18+/m1/s1. The number of nitrogens with zero attached hydrogens (tertiary/aromatic N) is 5. The van der Waals surface area contributed by atoms with Crippen LogP contribution >= 0.6 is 22.7 Å². The number of piperidine rings is 1. The van der Waals surface area contributed by atoms with Crippen LogP contribution in [0, 0.1) is 12.8 Å². The number of pyridine rings is 1. The van der Waals surface area contributed by atoms with Gasteiger partial charge in [-0.25, -0.2) is 4.98 Å². The molecule has 1 saturated heterocycles. The van der Waals surface area contributed by atoms with E-state index in [1.54, 1.807) is 21.9 Å². The van der Waals surface area contributed by atoms with Crippen molar-refractivity contribution in [2.75, 3.05) is 13.1 Å². The number of aromatic nitrogens is 4. The molecule has 3 atom stereocenters. The van der Waals surface area contributed by atoms with Gasteiger partial charge in [-0.1, -0.05) is 17.4 Å². The number of aromatic hydroxyl groups is 1. The first-order valence-corrected chi connectivity index (χ1v) is 11.9. The zero-order chi connectivity index (χ0) is 20.4. The summed E-state index contributed by atoms with van der Waals surface area (Å²) < 4.78 is 3.51. The maximum Gasteiger partial charge on any atom is 0.250 e. The number of hydrogen-bond acceptors (Lipinski definition) is 7. The van der Waals surface area contributed by atoms with E-state index in [0.717, 1.165) is 36.6 Å². The van der Waals surface area contributed by atoms with E-state index >= 15 is 0 Å². The van der Waals surface area contributed by atoms with Gasteiger partial charge in [0, 0.05) is 37.3 Å². The highest BCUT2D eigenvalue weighted by molar-refractivity contribution is 7.17. The average molecular weight is 440 g/mol. The van der Waals surface area contributed by atoms with Crippen molar-refractivity contribution in [1.29, 1.82) is 0 Å². The van der Waals surface area contributed by atoms with E-state index in [0.29, 0.717) is 22.6 Å². The number of hydrogen-bond donors (Lipinski definition) is 1. The van der Waals surface area contributed by atoms with Crippen LogP contribution in [-0.2, 0) is 6.54 Å². The molecule has 0 aromatic carbocycles. The van der Waals surface area contributed by atoms with Crippen LogP contribution in [0.2, 0.25) is 0 Å². The minimum Gasteiger partial charge on any atom is -0.492 e. The molecule has 9 heteroatoms. The van der Waals surface area contributed by atoms with Crippen LogP contribution in [-0.4, -0.2) is 42.3 Å². The molecule has 2 bridgehead atoms. The summed E-state index contributed by atoms with van der Waals surface area (Å²) in [5.41, 5.74) is 2.42. The molecule has 0 unspecified atom stereocenters. The lowest BCUT2D eigenvalue weighted by atomic mass is 9.82. The Morgan fingerprint density at radius 3 is 2.93 bits per heavy atom. The van der Waals surface area contributed by atoms with E-state index < -0.39 is 0 Å². The van der Waals surface area contributed by atoms with Gasteiger partial charge in [0.15, 0.2) is 0 Å². The van der Waals surface area contributed by atoms with Crippen molar-refractivity contribution in [2.45, 2.75) is 31.8 Å². The van der Waals surface area contributed by atoms with Gasteiger partial charge in [-0.15, -0.1) is 5.10 Å². The fourth-order valence-corrected chi connectivity index (χ4v) is 6.97. The molecule has 154 valence electrons. The molecule has 4 aromatic rings. The van der Waals surface area contributed by atoms with Crippen molar-refractivity contribution < 1.29 is 5.11 Å². The molecule has 2 aliphatic heterocycles. The molecule has 0 amide bonds. The number of rotatable bonds is 3. The minimum absolute atomic E-state index is 0.0441. The molecular weight excluding hydrogens is 418 g/mol. The minimum atomic E-state index is -0.0441. The second-order valence-electron chi connectivity index (χ2n) is 8.25. The quantitative estimate of drug-likeness (QED) is 0.530. The van der Waals surface area contributed by atoms with E-state index in [4.69, 9.17) is 0 Å². The first-order chi connectivity index (χ1) is 14.6. The molecular formula is C21H21N5O2S2. The molecule has 0 aliphatic carbocycles. The third-order valence-electron chi connectivity index (χ3n) is 6.29. The number of thiazole rings is 1. The van der Waals surface area contributed by atoms with E-state index in [-0.39, 0.29) is 17.5 Å². The van der Waals surface area contributed by atoms with Crippen molar-refractivity contribution in [3.05, 3.63) is 67.3 Å². The van der Waals surface area contributed by atoms with Crippen LogP contribution in [0.5, 0.6) is 5.88 Å². The molecule has 2 aliphatic rings. The van der Waals surface area contributed by atoms with E-state index in [9.17, 15) is 9.90 Å². The first kappa shape index (κ1) is 18.3. The maximum absolute atomic E-state index is 12.4. The molecule has 1 N–H and O–H groups in total. The summed E-state index contributed by atoms with van der Waals surface area (Å²) in [7, 11) is 0. The molecule has 0 saturated carbocycles. The van der Waals surface area contributed by atoms with E-state index in [2.05, 4.69) is 37.9 Å². The third-order valence-corrected chi connectivity index (χ3v) is 8.06. The smallest absolute Gasteiger partial charge is 0.250 e. The topological polar surface area (TPSA) is 75.7 Å². The first-order valence-electron chi connectivity index (χ1n) is 10.1. The number of fused-ring (bicyclic) bond motifs is 5.